The molecule has 2 amide bonds. The van der Waals surface area contributed by atoms with Gasteiger partial charge in [0.1, 0.15) is 11.6 Å². The zero-order chi connectivity index (χ0) is 18.0. The molecule has 1 aromatic rings. The number of alkyl carbamates (subject to hydrolysis) is 1. The van der Waals surface area contributed by atoms with Gasteiger partial charge in [-0.05, 0) is 26.3 Å². The predicted molar refractivity (Wildman–Crippen MR) is 89.4 cm³/mol. The van der Waals surface area contributed by atoms with Gasteiger partial charge in [0.15, 0.2) is 0 Å². The monoisotopic (exact) mass is 338 g/mol. The van der Waals surface area contributed by atoms with E-state index in [0.29, 0.717) is 6.61 Å². The maximum absolute atomic E-state index is 12.1. The van der Waals surface area contributed by atoms with Gasteiger partial charge in [0.25, 0.3) is 0 Å². The maximum atomic E-state index is 12.1. The van der Waals surface area contributed by atoms with Crippen molar-refractivity contribution in [2.75, 3.05) is 19.8 Å². The van der Waals surface area contributed by atoms with Gasteiger partial charge in [0.2, 0.25) is 5.91 Å². The second-order valence-electron chi connectivity index (χ2n) is 6.21. The molecular weight excluding hydrogens is 312 g/mol. The number of carbonyl (C=O) groups excluding carboxylic acids is 2. The number of hydrogen-bond donors (Lipinski definition) is 3. The van der Waals surface area contributed by atoms with Gasteiger partial charge in [-0.1, -0.05) is 30.3 Å². The molecule has 0 aliphatic heterocycles. The number of carbonyl (C=O) groups is 2. The molecule has 1 atom stereocenters. The summed E-state index contributed by atoms with van der Waals surface area (Å²) in [6, 6.07) is 8.59. The minimum atomic E-state index is -0.907. The second-order valence-corrected chi connectivity index (χ2v) is 6.21. The molecule has 0 heterocycles. The first-order valence-electron chi connectivity index (χ1n) is 7.81. The summed E-state index contributed by atoms with van der Waals surface area (Å²) in [5.41, 5.74) is 0.297. The van der Waals surface area contributed by atoms with Crippen LogP contribution >= 0.6 is 0 Å². The van der Waals surface area contributed by atoms with Crippen LogP contribution in [0.4, 0.5) is 4.79 Å². The third-order valence-electron chi connectivity index (χ3n) is 2.81. The van der Waals surface area contributed by atoms with Crippen molar-refractivity contribution in [1.82, 2.24) is 10.6 Å². The van der Waals surface area contributed by atoms with E-state index in [-0.39, 0.29) is 19.8 Å². The smallest absolute Gasteiger partial charge is 0.408 e. The molecule has 0 aliphatic carbocycles. The molecule has 7 nitrogen and oxygen atoms in total. The first kappa shape index (κ1) is 19.9. The standard InChI is InChI=1S/C17H26N2O5/c1-17(2,3)24-16(22)19-14(15(21)18-9-10-20)12-23-11-13-7-5-4-6-8-13/h4-8,14,20H,9-12H2,1-3H3,(H,18,21)(H,19,22)/t14-/m1/s1. The molecule has 3 N–H and O–H groups in total. The molecule has 0 saturated carbocycles. The first-order chi connectivity index (χ1) is 11.3. The Bertz CT molecular complexity index is 513. The first-order valence-corrected chi connectivity index (χ1v) is 7.81. The van der Waals surface area contributed by atoms with E-state index in [4.69, 9.17) is 14.6 Å². The summed E-state index contributed by atoms with van der Waals surface area (Å²) in [4.78, 5) is 23.9. The van der Waals surface area contributed by atoms with E-state index in [1.165, 1.54) is 0 Å². The van der Waals surface area contributed by atoms with E-state index in [1.807, 2.05) is 30.3 Å². The molecule has 1 rings (SSSR count). The largest absolute Gasteiger partial charge is 0.444 e. The highest BCUT2D eigenvalue weighted by Gasteiger charge is 2.24. The third-order valence-corrected chi connectivity index (χ3v) is 2.81. The predicted octanol–water partition coefficient (Wildman–Crippen LogP) is 1.20. The Morgan fingerprint density at radius 1 is 1.21 bits per heavy atom. The van der Waals surface area contributed by atoms with Crippen molar-refractivity contribution in [2.24, 2.45) is 0 Å². The van der Waals surface area contributed by atoms with Crippen molar-refractivity contribution >= 4 is 12.0 Å². The molecule has 0 unspecified atom stereocenters. The number of rotatable bonds is 8. The number of nitrogens with one attached hydrogen (secondary N) is 2. The quantitative estimate of drug-likeness (QED) is 0.662. The van der Waals surface area contributed by atoms with E-state index >= 15 is 0 Å². The molecule has 0 aliphatic rings. The highest BCUT2D eigenvalue weighted by molar-refractivity contribution is 5.85. The molecule has 1 aromatic carbocycles. The summed E-state index contributed by atoms with van der Waals surface area (Å²) in [7, 11) is 0. The number of hydrogen-bond acceptors (Lipinski definition) is 5. The van der Waals surface area contributed by atoms with Gasteiger partial charge in [-0.25, -0.2) is 4.79 Å². The summed E-state index contributed by atoms with van der Waals surface area (Å²) in [5, 5.41) is 13.8. The molecule has 0 bridgehead atoms. The molecule has 0 fully saturated rings. The van der Waals surface area contributed by atoms with E-state index in [0.717, 1.165) is 5.56 Å². The summed E-state index contributed by atoms with van der Waals surface area (Å²) >= 11 is 0. The zero-order valence-electron chi connectivity index (χ0n) is 14.4. The number of aliphatic hydroxyl groups is 1. The lowest BCUT2D eigenvalue weighted by Crippen LogP contribution is -2.51. The summed E-state index contributed by atoms with van der Waals surface area (Å²) < 4.78 is 10.7. The maximum Gasteiger partial charge on any atom is 0.408 e. The van der Waals surface area contributed by atoms with Crippen LogP contribution in [-0.2, 0) is 20.9 Å². The van der Waals surface area contributed by atoms with Crippen molar-refractivity contribution in [3.8, 4) is 0 Å². The molecule has 0 aromatic heterocycles. The van der Waals surface area contributed by atoms with E-state index < -0.39 is 23.6 Å². The van der Waals surface area contributed by atoms with Crippen LogP contribution in [0.15, 0.2) is 30.3 Å². The van der Waals surface area contributed by atoms with E-state index in [2.05, 4.69) is 10.6 Å². The second kappa shape index (κ2) is 9.89. The van der Waals surface area contributed by atoms with E-state index in [1.54, 1.807) is 20.8 Å². The average Bonchev–Trinajstić information content (AvgIpc) is 2.51. The lowest BCUT2D eigenvalue weighted by molar-refractivity contribution is -0.125. The summed E-state index contributed by atoms with van der Waals surface area (Å²) in [6.45, 7) is 5.43. The number of aliphatic hydroxyl groups excluding tert-OH is 1. The Kier molecular flexibility index (Phi) is 8.21. The van der Waals surface area contributed by atoms with Crippen LogP contribution < -0.4 is 10.6 Å². The number of ether oxygens (including phenoxy) is 2. The molecule has 0 saturated heterocycles. The van der Waals surface area contributed by atoms with Crippen molar-refractivity contribution in [1.29, 1.82) is 0 Å². The van der Waals surface area contributed by atoms with Gasteiger partial charge in [0.05, 0.1) is 19.8 Å². The fraction of sp³-hybridized carbons (Fsp3) is 0.529. The number of benzene rings is 1. The Morgan fingerprint density at radius 3 is 2.46 bits per heavy atom. The molecular formula is C17H26N2O5. The van der Waals surface area contributed by atoms with Crippen LogP contribution in [0.1, 0.15) is 26.3 Å². The minimum absolute atomic E-state index is 0.00853. The molecule has 0 spiro atoms. The van der Waals surface area contributed by atoms with Crippen LogP contribution in [0, 0.1) is 0 Å². The fourth-order valence-corrected chi connectivity index (χ4v) is 1.80. The topological polar surface area (TPSA) is 96.9 Å². The van der Waals surface area contributed by atoms with Gasteiger partial charge in [-0.15, -0.1) is 0 Å². The minimum Gasteiger partial charge on any atom is -0.444 e. The summed E-state index contributed by atoms with van der Waals surface area (Å²) in [5.74, 6) is -0.442. The molecule has 24 heavy (non-hydrogen) atoms. The van der Waals surface area contributed by atoms with Crippen LogP contribution in [0.3, 0.4) is 0 Å². The van der Waals surface area contributed by atoms with Crippen molar-refractivity contribution in [2.45, 2.75) is 39.0 Å². The summed E-state index contributed by atoms with van der Waals surface area (Å²) in [6.07, 6.45) is -0.699. The van der Waals surface area contributed by atoms with Gasteiger partial charge < -0.3 is 25.2 Å². The molecule has 0 radical (unpaired) electrons. The normalized spacial score (nSPS) is 12.3. The van der Waals surface area contributed by atoms with Crippen LogP contribution in [-0.4, -0.2) is 48.5 Å². The van der Waals surface area contributed by atoms with Gasteiger partial charge in [-0.3, -0.25) is 4.79 Å². The molecule has 134 valence electrons. The van der Waals surface area contributed by atoms with Crippen molar-refractivity contribution < 1.29 is 24.2 Å². The van der Waals surface area contributed by atoms with E-state index in [9.17, 15) is 9.59 Å². The average molecular weight is 338 g/mol. The Morgan fingerprint density at radius 2 is 1.88 bits per heavy atom. The van der Waals surface area contributed by atoms with Crippen LogP contribution in [0.2, 0.25) is 0 Å². The van der Waals surface area contributed by atoms with Crippen molar-refractivity contribution in [3.05, 3.63) is 35.9 Å². The van der Waals surface area contributed by atoms with Crippen molar-refractivity contribution in [3.63, 3.8) is 0 Å². The third kappa shape index (κ3) is 8.50. The van der Waals surface area contributed by atoms with Crippen LogP contribution in [0.25, 0.3) is 0 Å². The van der Waals surface area contributed by atoms with Gasteiger partial charge >= 0.3 is 6.09 Å². The Labute approximate surface area is 142 Å². The SMILES string of the molecule is CC(C)(C)OC(=O)N[C@H](COCc1ccccc1)C(=O)NCCO. The number of amides is 2. The Hall–Kier alpha value is -2.12. The fourth-order valence-electron chi connectivity index (χ4n) is 1.80. The zero-order valence-corrected chi connectivity index (χ0v) is 14.4. The van der Waals surface area contributed by atoms with Gasteiger partial charge in [0, 0.05) is 6.54 Å². The lowest BCUT2D eigenvalue weighted by Gasteiger charge is -2.23. The Balaban J connectivity index is 2.56. The van der Waals surface area contributed by atoms with Gasteiger partial charge in [-0.2, -0.15) is 0 Å². The van der Waals surface area contributed by atoms with Crippen LogP contribution in [0.5, 0.6) is 0 Å². The highest BCUT2D eigenvalue weighted by atomic mass is 16.6. The molecule has 7 heteroatoms. The highest BCUT2D eigenvalue weighted by Crippen LogP contribution is 2.07. The lowest BCUT2D eigenvalue weighted by atomic mass is 10.2.